The van der Waals surface area contributed by atoms with Crippen LogP contribution >= 0.6 is 0 Å². The maximum atomic E-state index is 15.4. The standard InChI is InChI=1S/C29H33F2N5O/c1-37-24-11-13-35(14-12-24)28-10-9-23(16-26(28)31)36-29(33-19-20-5-3-2-4-6-20)17-27(34-36)21-7-8-22(18-32)25(30)15-21/h7-10,15-17,20,24,33H,2-6,11-14,19H2,1H3. The molecule has 0 bridgehead atoms. The molecule has 0 atom stereocenters. The van der Waals surface area contributed by atoms with Gasteiger partial charge in [-0.2, -0.15) is 10.4 Å². The van der Waals surface area contributed by atoms with Crippen molar-refractivity contribution >= 4 is 11.5 Å². The van der Waals surface area contributed by atoms with Gasteiger partial charge in [-0.15, -0.1) is 0 Å². The van der Waals surface area contributed by atoms with Gasteiger partial charge in [-0.1, -0.05) is 25.3 Å². The van der Waals surface area contributed by atoms with Crippen molar-refractivity contribution in [3.05, 3.63) is 59.7 Å². The molecule has 8 heteroatoms. The fourth-order valence-electron chi connectivity index (χ4n) is 5.47. The monoisotopic (exact) mass is 505 g/mol. The van der Waals surface area contributed by atoms with Gasteiger partial charge in [-0.25, -0.2) is 13.5 Å². The summed E-state index contributed by atoms with van der Waals surface area (Å²) >= 11 is 0. The van der Waals surface area contributed by atoms with E-state index in [1.165, 1.54) is 50.3 Å². The van der Waals surface area contributed by atoms with E-state index in [9.17, 15) is 4.39 Å². The molecular weight excluding hydrogens is 472 g/mol. The summed E-state index contributed by atoms with van der Waals surface area (Å²) in [5.74, 6) is 0.437. The Bertz CT molecular complexity index is 1270. The Balaban J connectivity index is 1.44. The van der Waals surface area contributed by atoms with Crippen LogP contribution in [0.2, 0.25) is 0 Å². The quantitative estimate of drug-likeness (QED) is 0.408. The number of benzene rings is 2. The number of nitrogens with one attached hydrogen (secondary N) is 1. The van der Waals surface area contributed by atoms with Gasteiger partial charge in [0.15, 0.2) is 0 Å². The molecule has 2 fully saturated rings. The molecule has 194 valence electrons. The first-order chi connectivity index (χ1) is 18.1. The van der Waals surface area contributed by atoms with Gasteiger partial charge in [0.2, 0.25) is 0 Å². The number of methoxy groups -OCH3 is 1. The minimum atomic E-state index is -0.584. The molecule has 1 saturated carbocycles. The molecule has 5 rings (SSSR count). The number of rotatable bonds is 7. The molecule has 1 N–H and O–H groups in total. The highest BCUT2D eigenvalue weighted by Gasteiger charge is 2.22. The Hall–Kier alpha value is -3.44. The van der Waals surface area contributed by atoms with Gasteiger partial charge in [0.1, 0.15) is 23.5 Å². The first kappa shape index (κ1) is 25.2. The lowest BCUT2D eigenvalue weighted by Gasteiger charge is -2.33. The summed E-state index contributed by atoms with van der Waals surface area (Å²) in [7, 11) is 1.72. The summed E-state index contributed by atoms with van der Waals surface area (Å²) in [6.45, 7) is 2.31. The molecule has 1 aliphatic heterocycles. The van der Waals surface area contributed by atoms with E-state index in [0.29, 0.717) is 28.6 Å². The molecule has 0 spiro atoms. The van der Waals surface area contributed by atoms with Crippen molar-refractivity contribution in [2.45, 2.75) is 51.0 Å². The van der Waals surface area contributed by atoms with E-state index in [2.05, 4.69) is 10.2 Å². The lowest BCUT2D eigenvalue weighted by molar-refractivity contribution is 0.0818. The Morgan fingerprint density at radius 3 is 2.46 bits per heavy atom. The van der Waals surface area contributed by atoms with Crippen LogP contribution in [0.4, 0.5) is 20.3 Å². The highest BCUT2D eigenvalue weighted by molar-refractivity contribution is 5.66. The van der Waals surface area contributed by atoms with Crippen molar-refractivity contribution in [1.29, 1.82) is 5.26 Å². The molecule has 1 aromatic heterocycles. The number of nitriles is 1. The molecule has 0 unspecified atom stereocenters. The zero-order valence-electron chi connectivity index (χ0n) is 21.2. The number of aromatic nitrogens is 2. The smallest absolute Gasteiger partial charge is 0.148 e. The maximum absolute atomic E-state index is 15.4. The largest absolute Gasteiger partial charge is 0.381 e. The second-order valence-corrected chi connectivity index (χ2v) is 10.1. The van der Waals surface area contributed by atoms with E-state index in [0.717, 1.165) is 38.3 Å². The van der Waals surface area contributed by atoms with Crippen LogP contribution < -0.4 is 10.2 Å². The number of hydrogen-bond acceptors (Lipinski definition) is 5. The Morgan fingerprint density at radius 1 is 1.00 bits per heavy atom. The van der Waals surface area contributed by atoms with Gasteiger partial charge in [0.05, 0.1) is 28.7 Å². The van der Waals surface area contributed by atoms with Crippen molar-refractivity contribution in [1.82, 2.24) is 9.78 Å². The second kappa shape index (κ2) is 11.3. The maximum Gasteiger partial charge on any atom is 0.148 e. The van der Waals surface area contributed by atoms with Crippen LogP contribution in [0.15, 0.2) is 42.5 Å². The fraction of sp³-hybridized carbons (Fsp3) is 0.448. The molecular formula is C29H33F2N5O. The topological polar surface area (TPSA) is 66.1 Å². The number of piperidine rings is 1. The van der Waals surface area contributed by atoms with Crippen molar-refractivity contribution in [3.8, 4) is 23.0 Å². The second-order valence-electron chi connectivity index (χ2n) is 10.1. The van der Waals surface area contributed by atoms with Crippen LogP contribution in [0.5, 0.6) is 0 Å². The molecule has 2 aliphatic rings. The van der Waals surface area contributed by atoms with E-state index >= 15 is 4.39 Å². The summed E-state index contributed by atoms with van der Waals surface area (Å²) in [4.78, 5) is 2.06. The van der Waals surface area contributed by atoms with E-state index in [1.54, 1.807) is 17.9 Å². The van der Waals surface area contributed by atoms with Crippen LogP contribution in [0.3, 0.4) is 0 Å². The van der Waals surface area contributed by atoms with Gasteiger partial charge >= 0.3 is 0 Å². The first-order valence-corrected chi connectivity index (χ1v) is 13.2. The third kappa shape index (κ3) is 5.62. The summed E-state index contributed by atoms with van der Waals surface area (Å²) < 4.78 is 36.8. The van der Waals surface area contributed by atoms with Gasteiger partial charge in [0.25, 0.3) is 0 Å². The van der Waals surface area contributed by atoms with Crippen molar-refractivity contribution in [2.75, 3.05) is 37.0 Å². The predicted molar refractivity (Wildman–Crippen MR) is 141 cm³/mol. The summed E-state index contributed by atoms with van der Waals surface area (Å²) in [6.07, 6.45) is 8.14. The summed E-state index contributed by atoms with van der Waals surface area (Å²) in [5.41, 5.74) is 2.29. The highest BCUT2D eigenvalue weighted by atomic mass is 19.1. The number of anilines is 2. The number of hydrogen-bond donors (Lipinski definition) is 1. The van der Waals surface area contributed by atoms with Crippen molar-refractivity contribution < 1.29 is 13.5 Å². The van der Waals surface area contributed by atoms with Crippen molar-refractivity contribution in [2.24, 2.45) is 5.92 Å². The minimum Gasteiger partial charge on any atom is -0.381 e. The van der Waals surface area contributed by atoms with Crippen molar-refractivity contribution in [3.63, 3.8) is 0 Å². The molecule has 1 saturated heterocycles. The molecule has 0 radical (unpaired) electrons. The lowest BCUT2D eigenvalue weighted by Crippen LogP contribution is -2.37. The molecule has 2 heterocycles. The number of ether oxygens (including phenoxy) is 1. The van der Waals surface area contributed by atoms with Crippen LogP contribution in [0.1, 0.15) is 50.5 Å². The Kier molecular flexibility index (Phi) is 7.71. The first-order valence-electron chi connectivity index (χ1n) is 13.2. The molecule has 3 aromatic rings. The number of halogens is 2. The average molecular weight is 506 g/mol. The van der Waals surface area contributed by atoms with Gasteiger partial charge in [0, 0.05) is 44.4 Å². The highest BCUT2D eigenvalue weighted by Crippen LogP contribution is 2.31. The van der Waals surface area contributed by atoms with Crippen LogP contribution in [-0.4, -0.2) is 42.6 Å². The van der Waals surface area contributed by atoms with Gasteiger partial charge < -0.3 is 15.0 Å². The Morgan fingerprint density at radius 2 is 1.78 bits per heavy atom. The third-order valence-electron chi connectivity index (χ3n) is 7.68. The SMILES string of the molecule is COC1CCN(c2ccc(-n3nc(-c4ccc(C#N)c(F)c4)cc3NCC3CCCCC3)cc2F)CC1. The van der Waals surface area contributed by atoms with Crippen LogP contribution in [0, 0.1) is 28.9 Å². The lowest BCUT2D eigenvalue weighted by atomic mass is 9.89. The Labute approximate surface area is 216 Å². The molecule has 2 aromatic carbocycles. The molecule has 0 amide bonds. The number of nitrogens with zero attached hydrogens (tertiary/aromatic N) is 4. The summed E-state index contributed by atoms with van der Waals surface area (Å²) in [5, 5.41) is 17.3. The van der Waals surface area contributed by atoms with E-state index in [1.807, 2.05) is 24.3 Å². The molecule has 37 heavy (non-hydrogen) atoms. The molecule has 1 aliphatic carbocycles. The van der Waals surface area contributed by atoms with Gasteiger partial charge in [-0.3, -0.25) is 0 Å². The third-order valence-corrected chi connectivity index (χ3v) is 7.68. The minimum absolute atomic E-state index is 0.00831. The van der Waals surface area contributed by atoms with Gasteiger partial charge in [-0.05, 0) is 55.9 Å². The van der Waals surface area contributed by atoms with Crippen LogP contribution in [0.25, 0.3) is 16.9 Å². The predicted octanol–water partition coefficient (Wildman–Crippen LogP) is 6.30. The van der Waals surface area contributed by atoms with E-state index < -0.39 is 5.82 Å². The fourth-order valence-corrected chi connectivity index (χ4v) is 5.47. The zero-order chi connectivity index (χ0) is 25.8. The molecule has 6 nitrogen and oxygen atoms in total. The van der Waals surface area contributed by atoms with Crippen LogP contribution in [-0.2, 0) is 4.74 Å². The van der Waals surface area contributed by atoms with E-state index in [4.69, 9.17) is 15.1 Å². The normalized spacial score (nSPS) is 17.1. The summed E-state index contributed by atoms with van der Waals surface area (Å²) in [6, 6.07) is 13.4. The average Bonchev–Trinajstić information content (AvgIpc) is 3.37. The zero-order valence-corrected chi connectivity index (χ0v) is 21.2. The van der Waals surface area contributed by atoms with E-state index in [-0.39, 0.29) is 17.5 Å².